The van der Waals surface area contributed by atoms with Crippen LogP contribution in [0.15, 0.2) is 23.8 Å². The van der Waals surface area contributed by atoms with E-state index in [0.717, 1.165) is 25.3 Å². The van der Waals surface area contributed by atoms with Crippen molar-refractivity contribution < 1.29 is 9.53 Å². The predicted octanol–water partition coefficient (Wildman–Crippen LogP) is 1.89. The van der Waals surface area contributed by atoms with Crippen LogP contribution in [0.1, 0.15) is 20.9 Å². The molecule has 98 valence electrons. The summed E-state index contributed by atoms with van der Waals surface area (Å²) < 4.78 is 4.60. The van der Waals surface area contributed by atoms with Gasteiger partial charge in [-0.3, -0.25) is 0 Å². The Bertz CT molecular complexity index is 594. The maximum Gasteiger partial charge on any atom is 0.358 e. The molecule has 5 nitrogen and oxygen atoms in total. The molecule has 0 saturated carbocycles. The van der Waals surface area contributed by atoms with Crippen LogP contribution in [0.3, 0.4) is 0 Å². The Morgan fingerprint density at radius 2 is 2.32 bits per heavy atom. The molecule has 0 amide bonds. The Morgan fingerprint density at radius 1 is 1.42 bits per heavy atom. The van der Waals surface area contributed by atoms with Crippen molar-refractivity contribution in [1.29, 1.82) is 0 Å². The van der Waals surface area contributed by atoms with Gasteiger partial charge in [0.1, 0.15) is 5.82 Å². The fraction of sp³-hybridized carbons (Fsp3) is 0.308. The Hall–Kier alpha value is -1.95. The number of anilines is 1. The van der Waals surface area contributed by atoms with E-state index in [1.54, 1.807) is 6.20 Å². The molecule has 0 bridgehead atoms. The summed E-state index contributed by atoms with van der Waals surface area (Å²) >= 11 is 1.81. The van der Waals surface area contributed by atoms with E-state index >= 15 is 0 Å². The number of aromatic nitrogens is 2. The van der Waals surface area contributed by atoms with Crippen molar-refractivity contribution in [3.63, 3.8) is 0 Å². The van der Waals surface area contributed by atoms with Crippen LogP contribution in [0.4, 0.5) is 5.82 Å². The fourth-order valence-electron chi connectivity index (χ4n) is 2.14. The van der Waals surface area contributed by atoms with E-state index in [9.17, 15) is 4.79 Å². The number of fused-ring (bicyclic) bond motifs is 1. The van der Waals surface area contributed by atoms with Crippen molar-refractivity contribution in [3.05, 3.63) is 40.0 Å². The molecule has 0 spiro atoms. The lowest BCUT2D eigenvalue weighted by atomic mass is 10.1. The van der Waals surface area contributed by atoms with Gasteiger partial charge in [-0.05, 0) is 23.4 Å². The lowest BCUT2D eigenvalue weighted by Crippen LogP contribution is -2.30. The minimum Gasteiger partial charge on any atom is -0.464 e. The van der Waals surface area contributed by atoms with Crippen LogP contribution in [0.5, 0.6) is 0 Å². The van der Waals surface area contributed by atoms with Gasteiger partial charge in [0, 0.05) is 18.0 Å². The van der Waals surface area contributed by atoms with Gasteiger partial charge in [0.15, 0.2) is 5.69 Å². The van der Waals surface area contributed by atoms with Gasteiger partial charge in [0.25, 0.3) is 0 Å². The molecule has 3 rings (SSSR count). The second-order valence-electron chi connectivity index (χ2n) is 4.29. The lowest BCUT2D eigenvalue weighted by molar-refractivity contribution is 0.0593. The Balaban J connectivity index is 1.79. The van der Waals surface area contributed by atoms with Crippen LogP contribution in [0.2, 0.25) is 0 Å². The highest BCUT2D eigenvalue weighted by atomic mass is 32.1. The highest BCUT2D eigenvalue weighted by Gasteiger charge is 2.19. The molecule has 0 saturated heterocycles. The standard InChI is InChI=1S/C13H13N3O2S/c1-18-13(17)10-6-15-12(7-14-10)16-4-2-11-9(8-16)3-5-19-11/h3,5-7H,2,4,8H2,1H3. The summed E-state index contributed by atoms with van der Waals surface area (Å²) in [5.74, 6) is 0.335. The van der Waals surface area contributed by atoms with Gasteiger partial charge in [0.2, 0.25) is 0 Å². The summed E-state index contributed by atoms with van der Waals surface area (Å²) in [7, 11) is 1.33. The molecule has 19 heavy (non-hydrogen) atoms. The summed E-state index contributed by atoms with van der Waals surface area (Å²) in [4.78, 5) is 23.3. The van der Waals surface area contributed by atoms with Gasteiger partial charge in [-0.2, -0.15) is 0 Å². The number of nitrogens with zero attached hydrogens (tertiary/aromatic N) is 3. The molecule has 2 aromatic rings. The molecule has 0 N–H and O–H groups in total. The van der Waals surface area contributed by atoms with Gasteiger partial charge in [-0.25, -0.2) is 14.8 Å². The monoisotopic (exact) mass is 275 g/mol. The molecule has 2 aromatic heterocycles. The molecule has 0 aromatic carbocycles. The van der Waals surface area contributed by atoms with Crippen molar-refractivity contribution >= 4 is 23.1 Å². The molecule has 1 aliphatic rings. The smallest absolute Gasteiger partial charge is 0.358 e. The van der Waals surface area contributed by atoms with E-state index in [0.29, 0.717) is 0 Å². The van der Waals surface area contributed by atoms with Gasteiger partial charge >= 0.3 is 5.97 Å². The van der Waals surface area contributed by atoms with Gasteiger partial charge in [-0.1, -0.05) is 0 Å². The van der Waals surface area contributed by atoms with Crippen molar-refractivity contribution in [2.24, 2.45) is 0 Å². The summed E-state index contributed by atoms with van der Waals surface area (Å²) in [6.07, 6.45) is 4.13. The third kappa shape index (κ3) is 2.31. The summed E-state index contributed by atoms with van der Waals surface area (Å²) in [5.41, 5.74) is 1.59. The highest BCUT2D eigenvalue weighted by Crippen LogP contribution is 2.26. The Morgan fingerprint density at radius 3 is 3.05 bits per heavy atom. The normalized spacial score (nSPS) is 14.1. The predicted molar refractivity (Wildman–Crippen MR) is 72.4 cm³/mol. The Kier molecular flexibility index (Phi) is 3.16. The molecular weight excluding hydrogens is 262 g/mol. The summed E-state index contributed by atoms with van der Waals surface area (Å²) in [6, 6.07) is 2.16. The number of rotatable bonds is 2. The molecule has 0 aliphatic carbocycles. The number of ether oxygens (including phenoxy) is 1. The van der Waals surface area contributed by atoms with E-state index < -0.39 is 5.97 Å². The van der Waals surface area contributed by atoms with Crippen molar-refractivity contribution in [1.82, 2.24) is 9.97 Å². The fourth-order valence-corrected chi connectivity index (χ4v) is 3.03. The van der Waals surface area contributed by atoms with E-state index in [1.807, 2.05) is 11.3 Å². The number of carbonyl (C=O) groups is 1. The molecule has 0 atom stereocenters. The SMILES string of the molecule is COC(=O)c1cnc(N2CCc3sccc3C2)cn1. The maximum atomic E-state index is 11.3. The molecule has 1 aliphatic heterocycles. The summed E-state index contributed by atoms with van der Waals surface area (Å²) in [6.45, 7) is 1.78. The van der Waals surface area contributed by atoms with Crippen LogP contribution >= 0.6 is 11.3 Å². The maximum absolute atomic E-state index is 11.3. The first kappa shape index (κ1) is 12.1. The van der Waals surface area contributed by atoms with Crippen LogP contribution in [-0.4, -0.2) is 29.6 Å². The second kappa shape index (κ2) is 4.97. The zero-order valence-electron chi connectivity index (χ0n) is 10.5. The van der Waals surface area contributed by atoms with Gasteiger partial charge in [0.05, 0.1) is 19.5 Å². The number of hydrogen-bond donors (Lipinski definition) is 0. The average Bonchev–Trinajstić information content (AvgIpc) is 2.94. The van der Waals surface area contributed by atoms with E-state index in [-0.39, 0.29) is 5.69 Å². The Labute approximate surface area is 114 Å². The second-order valence-corrected chi connectivity index (χ2v) is 5.29. The zero-order chi connectivity index (χ0) is 13.2. The number of carbonyl (C=O) groups excluding carboxylic acids is 1. The zero-order valence-corrected chi connectivity index (χ0v) is 11.3. The molecule has 6 heteroatoms. The number of hydrogen-bond acceptors (Lipinski definition) is 6. The molecular formula is C13H13N3O2S. The van der Waals surface area contributed by atoms with Gasteiger partial charge < -0.3 is 9.64 Å². The van der Waals surface area contributed by atoms with Crippen molar-refractivity contribution in [3.8, 4) is 0 Å². The first-order valence-electron chi connectivity index (χ1n) is 5.98. The quantitative estimate of drug-likeness (QED) is 0.783. The lowest BCUT2D eigenvalue weighted by Gasteiger charge is -2.27. The first-order valence-corrected chi connectivity index (χ1v) is 6.86. The number of thiophene rings is 1. The van der Waals surface area contributed by atoms with Gasteiger partial charge in [-0.15, -0.1) is 11.3 Å². The first-order chi connectivity index (χ1) is 9.28. The van der Waals surface area contributed by atoms with Crippen LogP contribution in [-0.2, 0) is 17.7 Å². The third-order valence-electron chi connectivity index (χ3n) is 3.16. The highest BCUT2D eigenvalue weighted by molar-refractivity contribution is 7.10. The van der Waals surface area contributed by atoms with Crippen molar-refractivity contribution in [2.75, 3.05) is 18.6 Å². The molecule has 3 heterocycles. The number of esters is 1. The molecule has 0 unspecified atom stereocenters. The van der Waals surface area contributed by atoms with E-state index in [4.69, 9.17) is 0 Å². The average molecular weight is 275 g/mol. The van der Waals surface area contributed by atoms with Crippen LogP contribution < -0.4 is 4.90 Å². The molecule has 0 radical (unpaired) electrons. The van der Waals surface area contributed by atoms with E-state index in [2.05, 4.69) is 31.1 Å². The minimum absolute atomic E-state index is 0.236. The van der Waals surface area contributed by atoms with Crippen LogP contribution in [0, 0.1) is 0 Å². The third-order valence-corrected chi connectivity index (χ3v) is 4.19. The minimum atomic E-state index is -0.460. The topological polar surface area (TPSA) is 55.3 Å². The van der Waals surface area contributed by atoms with E-state index in [1.165, 1.54) is 23.7 Å². The molecule has 0 fully saturated rings. The summed E-state index contributed by atoms with van der Waals surface area (Å²) in [5, 5.41) is 2.13. The largest absolute Gasteiger partial charge is 0.464 e. The number of methoxy groups -OCH3 is 1. The van der Waals surface area contributed by atoms with Crippen molar-refractivity contribution in [2.45, 2.75) is 13.0 Å². The van der Waals surface area contributed by atoms with Crippen LogP contribution in [0.25, 0.3) is 0 Å².